The number of hydrogen-bond donors (Lipinski definition) is 0. The van der Waals surface area contributed by atoms with Gasteiger partial charge in [0, 0.05) is 25.1 Å². The molecule has 2 heterocycles. The molecular formula is C18H27BFNO2. The number of halogens is 1. The zero-order valence-corrected chi connectivity index (χ0v) is 15.1. The first-order chi connectivity index (χ1) is 10.5. The number of nitrogens with zero attached hydrogens (tertiary/aromatic N) is 1. The van der Waals surface area contributed by atoms with Crippen LogP contribution < -0.4 is 5.46 Å². The van der Waals surface area contributed by atoms with Gasteiger partial charge in [0.2, 0.25) is 0 Å². The number of benzene rings is 1. The lowest BCUT2D eigenvalue weighted by Gasteiger charge is -2.46. The van der Waals surface area contributed by atoms with E-state index in [0.29, 0.717) is 10.9 Å². The lowest BCUT2D eigenvalue weighted by atomic mass is 9.77. The maximum atomic E-state index is 14.3. The molecule has 2 fully saturated rings. The number of hydrogen-bond acceptors (Lipinski definition) is 3. The largest absolute Gasteiger partial charge is 0.497 e. The fourth-order valence-corrected chi connectivity index (χ4v) is 3.38. The minimum absolute atomic E-state index is 0.267. The smallest absolute Gasteiger partial charge is 0.399 e. The van der Waals surface area contributed by atoms with Crippen molar-refractivity contribution in [2.75, 3.05) is 13.1 Å². The van der Waals surface area contributed by atoms with E-state index in [1.54, 1.807) is 0 Å². The van der Waals surface area contributed by atoms with Gasteiger partial charge in [0.25, 0.3) is 0 Å². The first kappa shape index (κ1) is 16.9. The summed E-state index contributed by atoms with van der Waals surface area (Å²) in [5.74, 6) is -0.267. The average Bonchev–Trinajstić information content (AvgIpc) is 2.58. The van der Waals surface area contributed by atoms with Gasteiger partial charge in [0.15, 0.2) is 0 Å². The molecule has 23 heavy (non-hydrogen) atoms. The Kier molecular flexibility index (Phi) is 3.90. The molecule has 3 rings (SSSR count). The molecular weight excluding hydrogens is 292 g/mol. The number of likely N-dealkylation sites (tertiary alicyclic amines) is 1. The second-order valence-electron chi connectivity index (χ2n) is 8.75. The summed E-state index contributed by atoms with van der Waals surface area (Å²) in [7, 11) is -0.646. The molecule has 5 heteroatoms. The van der Waals surface area contributed by atoms with E-state index in [-0.39, 0.29) is 5.82 Å². The average molecular weight is 319 g/mol. The summed E-state index contributed by atoms with van der Waals surface area (Å²) in [6.45, 7) is 15.5. The van der Waals surface area contributed by atoms with E-state index < -0.39 is 18.3 Å². The molecule has 126 valence electrons. The van der Waals surface area contributed by atoms with Crippen LogP contribution in [0.4, 0.5) is 4.39 Å². The molecule has 0 spiro atoms. The molecule has 0 aliphatic carbocycles. The van der Waals surface area contributed by atoms with Crippen molar-refractivity contribution in [1.82, 2.24) is 4.90 Å². The van der Waals surface area contributed by atoms with E-state index in [0.717, 1.165) is 25.2 Å². The van der Waals surface area contributed by atoms with Gasteiger partial charge in [-0.15, -0.1) is 0 Å². The van der Waals surface area contributed by atoms with Crippen LogP contribution in [-0.2, 0) is 15.9 Å². The van der Waals surface area contributed by atoms with Crippen molar-refractivity contribution in [2.45, 2.75) is 59.3 Å². The molecule has 1 aromatic rings. The van der Waals surface area contributed by atoms with Crippen LogP contribution in [0.5, 0.6) is 0 Å². The molecule has 2 aliphatic rings. The molecule has 2 aliphatic heterocycles. The van der Waals surface area contributed by atoms with Crippen LogP contribution in [-0.4, -0.2) is 36.3 Å². The summed E-state index contributed by atoms with van der Waals surface area (Å²) in [5, 5.41) is 0. The third kappa shape index (κ3) is 3.19. The summed E-state index contributed by atoms with van der Waals surface area (Å²) < 4.78 is 26.3. The van der Waals surface area contributed by atoms with Crippen molar-refractivity contribution in [1.29, 1.82) is 0 Å². The molecule has 1 aromatic carbocycles. The Bertz CT molecular complexity index is 591. The van der Waals surface area contributed by atoms with E-state index in [1.165, 1.54) is 6.07 Å². The Balaban J connectivity index is 1.77. The molecule has 0 atom stereocenters. The normalized spacial score (nSPS) is 25.4. The van der Waals surface area contributed by atoms with Gasteiger partial charge < -0.3 is 9.31 Å². The zero-order valence-electron chi connectivity index (χ0n) is 15.1. The van der Waals surface area contributed by atoms with Gasteiger partial charge in [-0.3, -0.25) is 4.90 Å². The van der Waals surface area contributed by atoms with Gasteiger partial charge in [-0.1, -0.05) is 26.0 Å². The van der Waals surface area contributed by atoms with Gasteiger partial charge in [0.1, 0.15) is 5.82 Å². The third-order valence-electron chi connectivity index (χ3n) is 5.28. The summed E-state index contributed by atoms with van der Waals surface area (Å²) in [6, 6.07) is 5.28. The van der Waals surface area contributed by atoms with Crippen LogP contribution in [0.3, 0.4) is 0 Å². The van der Waals surface area contributed by atoms with Crippen LogP contribution in [0, 0.1) is 11.2 Å². The summed E-state index contributed by atoms with van der Waals surface area (Å²) in [6.07, 6.45) is 0. The van der Waals surface area contributed by atoms with Crippen LogP contribution in [0.25, 0.3) is 0 Å². The van der Waals surface area contributed by atoms with Gasteiger partial charge in [-0.25, -0.2) is 4.39 Å². The molecule has 3 nitrogen and oxygen atoms in total. The second-order valence-corrected chi connectivity index (χ2v) is 8.75. The fraction of sp³-hybridized carbons (Fsp3) is 0.667. The molecule has 0 aromatic heterocycles. The van der Waals surface area contributed by atoms with Crippen LogP contribution >= 0.6 is 0 Å². The molecule has 0 saturated carbocycles. The lowest BCUT2D eigenvalue weighted by molar-refractivity contribution is 0.00578. The van der Waals surface area contributed by atoms with Crippen LogP contribution in [0.15, 0.2) is 18.2 Å². The molecule has 0 radical (unpaired) electrons. The topological polar surface area (TPSA) is 21.7 Å². The minimum Gasteiger partial charge on any atom is -0.399 e. The third-order valence-corrected chi connectivity index (χ3v) is 5.28. The SMILES string of the molecule is CC1(C)CN(Cc2ccc(F)c(B3OC(C)(C)C(C)(C)O3)c2)C1. The predicted octanol–water partition coefficient (Wildman–Crippen LogP) is 2.97. The summed E-state index contributed by atoms with van der Waals surface area (Å²) in [5.41, 5.74) is 1.09. The van der Waals surface area contributed by atoms with E-state index in [9.17, 15) is 4.39 Å². The summed E-state index contributed by atoms with van der Waals surface area (Å²) >= 11 is 0. The fourth-order valence-electron chi connectivity index (χ4n) is 3.38. The van der Waals surface area contributed by atoms with Crippen molar-refractivity contribution in [3.8, 4) is 0 Å². The highest BCUT2D eigenvalue weighted by Gasteiger charge is 2.52. The van der Waals surface area contributed by atoms with Gasteiger partial charge in [-0.05, 0) is 44.7 Å². The second kappa shape index (κ2) is 5.30. The van der Waals surface area contributed by atoms with E-state index in [2.05, 4.69) is 18.7 Å². The molecule has 0 unspecified atom stereocenters. The van der Waals surface area contributed by atoms with Gasteiger partial charge in [0.05, 0.1) is 11.2 Å². The van der Waals surface area contributed by atoms with Gasteiger partial charge in [-0.2, -0.15) is 0 Å². The van der Waals surface area contributed by atoms with Crippen molar-refractivity contribution in [3.05, 3.63) is 29.6 Å². The van der Waals surface area contributed by atoms with Crippen LogP contribution in [0.1, 0.15) is 47.1 Å². The highest BCUT2D eigenvalue weighted by Crippen LogP contribution is 2.37. The van der Waals surface area contributed by atoms with E-state index in [4.69, 9.17) is 9.31 Å². The maximum Gasteiger partial charge on any atom is 0.497 e. The highest BCUT2D eigenvalue weighted by atomic mass is 19.1. The van der Waals surface area contributed by atoms with Crippen LogP contribution in [0.2, 0.25) is 0 Å². The Morgan fingerprint density at radius 3 is 2.13 bits per heavy atom. The molecule has 2 saturated heterocycles. The molecule has 0 N–H and O–H groups in total. The Labute approximate surface area is 139 Å². The quantitative estimate of drug-likeness (QED) is 0.800. The maximum absolute atomic E-state index is 14.3. The Hall–Kier alpha value is -0.905. The Morgan fingerprint density at radius 2 is 1.61 bits per heavy atom. The number of rotatable bonds is 3. The lowest BCUT2D eigenvalue weighted by Crippen LogP contribution is -2.52. The zero-order chi connectivity index (χ0) is 17.0. The van der Waals surface area contributed by atoms with Crippen molar-refractivity contribution >= 4 is 12.6 Å². The first-order valence-electron chi connectivity index (χ1n) is 8.35. The van der Waals surface area contributed by atoms with E-state index >= 15 is 0 Å². The highest BCUT2D eigenvalue weighted by molar-refractivity contribution is 6.62. The predicted molar refractivity (Wildman–Crippen MR) is 91.2 cm³/mol. The van der Waals surface area contributed by atoms with E-state index in [1.807, 2.05) is 39.8 Å². The first-order valence-corrected chi connectivity index (χ1v) is 8.35. The molecule has 0 bridgehead atoms. The minimum atomic E-state index is -0.646. The standard InChI is InChI=1S/C18H27BFNO2/c1-16(2)11-21(12-16)10-13-7-8-15(20)14(9-13)19-22-17(3,4)18(5,6)23-19/h7-9H,10-12H2,1-6H3. The monoisotopic (exact) mass is 319 g/mol. The van der Waals surface area contributed by atoms with Gasteiger partial charge >= 0.3 is 7.12 Å². The van der Waals surface area contributed by atoms with Crippen molar-refractivity contribution in [2.24, 2.45) is 5.41 Å². The van der Waals surface area contributed by atoms with Crippen molar-refractivity contribution < 1.29 is 13.7 Å². The summed E-state index contributed by atoms with van der Waals surface area (Å²) in [4.78, 5) is 2.38. The van der Waals surface area contributed by atoms with Crippen molar-refractivity contribution in [3.63, 3.8) is 0 Å². The molecule has 0 amide bonds. The Morgan fingerprint density at radius 1 is 1.04 bits per heavy atom.